The molecule has 0 aliphatic heterocycles. The van der Waals surface area contributed by atoms with Crippen LogP contribution in [0.5, 0.6) is 0 Å². The van der Waals surface area contributed by atoms with Gasteiger partial charge in [0.05, 0.1) is 6.10 Å². The lowest BCUT2D eigenvalue weighted by Gasteiger charge is -2.08. The first-order chi connectivity index (χ1) is 4.66. The summed E-state index contributed by atoms with van der Waals surface area (Å²) >= 11 is 0. The first-order valence-corrected chi connectivity index (χ1v) is 3.38. The van der Waals surface area contributed by atoms with E-state index in [-0.39, 0.29) is 6.10 Å². The van der Waals surface area contributed by atoms with Crippen LogP contribution < -0.4 is 5.48 Å². The van der Waals surface area contributed by atoms with Gasteiger partial charge in [-0.15, -0.1) is 0 Å². The molecule has 0 heterocycles. The van der Waals surface area contributed by atoms with E-state index >= 15 is 0 Å². The predicted octanol–water partition coefficient (Wildman–Crippen LogP) is 0.812. The minimum atomic E-state index is -0.383. The highest BCUT2D eigenvalue weighted by Gasteiger charge is 1.98. The van der Waals surface area contributed by atoms with Crippen molar-refractivity contribution < 1.29 is 9.94 Å². The molecule has 0 aromatic rings. The predicted molar refractivity (Wildman–Crippen MR) is 40.2 cm³/mol. The molecule has 60 valence electrons. The van der Waals surface area contributed by atoms with Gasteiger partial charge in [0.2, 0.25) is 0 Å². The van der Waals surface area contributed by atoms with Gasteiger partial charge in [-0.1, -0.05) is 13.5 Å². The summed E-state index contributed by atoms with van der Waals surface area (Å²) in [6, 6.07) is 0. The van der Waals surface area contributed by atoms with Crippen molar-refractivity contribution in [2.24, 2.45) is 0 Å². The van der Waals surface area contributed by atoms with E-state index in [4.69, 9.17) is 9.94 Å². The van der Waals surface area contributed by atoms with Gasteiger partial charge < -0.3 is 5.11 Å². The molecule has 1 atom stereocenters. The van der Waals surface area contributed by atoms with Gasteiger partial charge in [0, 0.05) is 5.70 Å². The molecule has 0 aliphatic rings. The molecule has 0 bridgehead atoms. The van der Waals surface area contributed by atoms with E-state index in [0.717, 1.165) is 5.70 Å². The summed E-state index contributed by atoms with van der Waals surface area (Å²) in [7, 11) is 0. The minimum absolute atomic E-state index is 0.309. The second kappa shape index (κ2) is 5.26. The molecule has 0 saturated carbocycles. The third-order valence-electron chi connectivity index (χ3n) is 0.993. The smallest absolute Gasteiger partial charge is 0.100 e. The molecule has 3 nitrogen and oxygen atoms in total. The molecule has 0 rings (SSSR count). The molecular formula is C7H15NO2. The number of aliphatic hydroxyl groups excluding tert-OH is 1. The summed E-state index contributed by atoms with van der Waals surface area (Å²) in [5, 5.41) is 8.98. The minimum Gasteiger partial charge on any atom is -0.391 e. The molecule has 0 spiro atoms. The van der Waals surface area contributed by atoms with Crippen molar-refractivity contribution in [2.45, 2.75) is 26.4 Å². The second-order valence-electron chi connectivity index (χ2n) is 2.26. The molecule has 2 N–H and O–H groups in total. The lowest BCUT2D eigenvalue weighted by molar-refractivity contribution is -0.00650. The summed E-state index contributed by atoms with van der Waals surface area (Å²) in [5.41, 5.74) is 3.30. The van der Waals surface area contributed by atoms with E-state index in [1.165, 1.54) is 0 Å². The Morgan fingerprint density at radius 1 is 1.80 bits per heavy atom. The van der Waals surface area contributed by atoms with E-state index in [2.05, 4.69) is 12.1 Å². The van der Waals surface area contributed by atoms with Crippen LogP contribution in [0.25, 0.3) is 0 Å². The van der Waals surface area contributed by atoms with Crippen LogP contribution in [0.3, 0.4) is 0 Å². The third kappa shape index (κ3) is 5.59. The zero-order valence-corrected chi connectivity index (χ0v) is 6.55. The van der Waals surface area contributed by atoms with Crippen LogP contribution in [-0.4, -0.2) is 17.8 Å². The van der Waals surface area contributed by atoms with E-state index in [9.17, 15) is 0 Å². The van der Waals surface area contributed by atoms with Gasteiger partial charge in [0.1, 0.15) is 6.61 Å². The van der Waals surface area contributed by atoms with Gasteiger partial charge in [-0.2, -0.15) is 0 Å². The molecule has 1 unspecified atom stereocenters. The first-order valence-electron chi connectivity index (χ1n) is 3.38. The maximum atomic E-state index is 8.98. The van der Waals surface area contributed by atoms with Crippen molar-refractivity contribution in [1.82, 2.24) is 5.48 Å². The second-order valence-corrected chi connectivity index (χ2v) is 2.26. The molecule has 0 aliphatic carbocycles. The van der Waals surface area contributed by atoms with Gasteiger partial charge in [-0.05, 0) is 13.3 Å². The standard InChI is InChI=1S/C7H15NO2/c1-4-7(9)5-10-8-6(2)3/h7-9H,2,4-5H2,1,3H3. The fourth-order valence-corrected chi connectivity index (χ4v) is 0.379. The van der Waals surface area contributed by atoms with Crippen LogP contribution in [0.4, 0.5) is 0 Å². The molecule has 0 aromatic heterocycles. The molecule has 3 heteroatoms. The summed E-state index contributed by atoms with van der Waals surface area (Å²) in [6.45, 7) is 7.56. The van der Waals surface area contributed by atoms with Gasteiger partial charge in [-0.25, -0.2) is 0 Å². The number of hydrogen-bond donors (Lipinski definition) is 2. The normalized spacial score (nSPS) is 12.7. The van der Waals surface area contributed by atoms with Gasteiger partial charge in [0.25, 0.3) is 0 Å². The molecule has 0 fully saturated rings. The van der Waals surface area contributed by atoms with Crippen LogP contribution >= 0.6 is 0 Å². The Kier molecular flexibility index (Phi) is 4.98. The number of allylic oxidation sites excluding steroid dienone is 1. The molecule has 0 saturated heterocycles. The number of rotatable bonds is 5. The Morgan fingerprint density at radius 3 is 2.80 bits per heavy atom. The van der Waals surface area contributed by atoms with Crippen LogP contribution in [-0.2, 0) is 4.84 Å². The first kappa shape index (κ1) is 9.46. The van der Waals surface area contributed by atoms with E-state index < -0.39 is 0 Å². The van der Waals surface area contributed by atoms with Crippen molar-refractivity contribution in [3.8, 4) is 0 Å². The maximum Gasteiger partial charge on any atom is 0.100 e. The van der Waals surface area contributed by atoms with Crippen LogP contribution in [0.1, 0.15) is 20.3 Å². The number of nitrogens with one attached hydrogen (secondary N) is 1. The van der Waals surface area contributed by atoms with Crippen molar-refractivity contribution in [2.75, 3.05) is 6.61 Å². The summed E-state index contributed by atoms with van der Waals surface area (Å²) in [4.78, 5) is 4.85. The Hall–Kier alpha value is -0.540. The lowest BCUT2D eigenvalue weighted by atomic mass is 10.3. The third-order valence-corrected chi connectivity index (χ3v) is 0.993. The number of hydrogen-bond acceptors (Lipinski definition) is 3. The zero-order valence-electron chi connectivity index (χ0n) is 6.55. The van der Waals surface area contributed by atoms with Crippen LogP contribution in [0, 0.1) is 0 Å². The molecule has 10 heavy (non-hydrogen) atoms. The van der Waals surface area contributed by atoms with Crippen LogP contribution in [0.15, 0.2) is 12.3 Å². The highest BCUT2D eigenvalue weighted by molar-refractivity contribution is 4.79. The monoisotopic (exact) mass is 145 g/mol. The zero-order chi connectivity index (χ0) is 7.98. The maximum absolute atomic E-state index is 8.98. The highest BCUT2D eigenvalue weighted by Crippen LogP contribution is 1.89. The van der Waals surface area contributed by atoms with Crippen LogP contribution in [0.2, 0.25) is 0 Å². The average Bonchev–Trinajstić information content (AvgIpc) is 1.87. The van der Waals surface area contributed by atoms with Crippen molar-refractivity contribution in [3.05, 3.63) is 12.3 Å². The quantitative estimate of drug-likeness (QED) is 0.562. The number of hydroxylamine groups is 1. The Bertz CT molecular complexity index is 104. The van der Waals surface area contributed by atoms with E-state index in [1.54, 1.807) is 6.92 Å². The summed E-state index contributed by atoms with van der Waals surface area (Å²) in [5.74, 6) is 0. The largest absolute Gasteiger partial charge is 0.391 e. The Labute approximate surface area is 61.7 Å². The molecule has 0 aromatic carbocycles. The van der Waals surface area contributed by atoms with Crippen molar-refractivity contribution in [3.63, 3.8) is 0 Å². The summed E-state index contributed by atoms with van der Waals surface area (Å²) < 4.78 is 0. The molecule has 0 radical (unpaired) electrons. The van der Waals surface area contributed by atoms with Crippen molar-refractivity contribution in [1.29, 1.82) is 0 Å². The van der Waals surface area contributed by atoms with Crippen molar-refractivity contribution >= 4 is 0 Å². The van der Waals surface area contributed by atoms with E-state index in [0.29, 0.717) is 13.0 Å². The SMILES string of the molecule is C=C(C)NOCC(O)CC. The van der Waals surface area contributed by atoms with Gasteiger partial charge in [0.15, 0.2) is 0 Å². The highest BCUT2D eigenvalue weighted by atomic mass is 16.6. The summed E-state index contributed by atoms with van der Waals surface area (Å²) in [6.07, 6.45) is 0.324. The van der Waals surface area contributed by atoms with Gasteiger partial charge in [-0.3, -0.25) is 10.3 Å². The fraction of sp³-hybridized carbons (Fsp3) is 0.714. The molecule has 0 amide bonds. The topological polar surface area (TPSA) is 41.5 Å². The number of aliphatic hydroxyl groups is 1. The lowest BCUT2D eigenvalue weighted by Crippen LogP contribution is -2.20. The molecular weight excluding hydrogens is 130 g/mol. The average molecular weight is 145 g/mol. The Balaban J connectivity index is 3.11. The van der Waals surface area contributed by atoms with Gasteiger partial charge >= 0.3 is 0 Å². The van der Waals surface area contributed by atoms with E-state index in [1.807, 2.05) is 6.92 Å². The fourth-order valence-electron chi connectivity index (χ4n) is 0.379. The Morgan fingerprint density at radius 2 is 2.40 bits per heavy atom.